The summed E-state index contributed by atoms with van der Waals surface area (Å²) in [4.78, 5) is 85.1. The smallest absolute Gasteiger partial charge is 0.371 e. The fraction of sp³-hybridized carbons (Fsp3) is 0.522. The van der Waals surface area contributed by atoms with Crippen LogP contribution in [0.3, 0.4) is 0 Å². The fourth-order valence-electron chi connectivity index (χ4n) is 10.4. The number of piperidine rings is 3. The first kappa shape index (κ1) is 44.1. The van der Waals surface area contributed by atoms with Gasteiger partial charge in [-0.2, -0.15) is 18.4 Å². The van der Waals surface area contributed by atoms with Gasteiger partial charge in [0.1, 0.15) is 6.04 Å². The molecule has 6 aliphatic heterocycles. The third kappa shape index (κ3) is 9.50. The lowest BCUT2D eigenvalue weighted by atomic mass is 9.95. The number of carbonyl (C=O) groups is 5. The monoisotopic (exact) mass is 895 g/mol. The number of alkyl halides is 3. The van der Waals surface area contributed by atoms with Crippen LogP contribution < -0.4 is 25.3 Å². The number of halogens is 3. The number of anilines is 4. The highest BCUT2D eigenvalue weighted by atomic mass is 19.4. The number of piperazine rings is 1. The van der Waals surface area contributed by atoms with E-state index in [1.54, 1.807) is 30.6 Å². The Bertz CT molecular complexity index is 2370. The average Bonchev–Trinajstić information content (AvgIpc) is 3.88. The summed E-state index contributed by atoms with van der Waals surface area (Å²) in [6, 6.07) is 9.70. The van der Waals surface area contributed by atoms with Gasteiger partial charge in [-0.25, -0.2) is 9.97 Å². The standard InChI is InChI=1S/C46H52F3N11O5/c47-46(48,49)38-22-34(2-1-32(38)23-50)57-15-10-31(11-16-57)41(62)54-45-51-24-35(25-52-45)58-12-7-29(8-13-58)26-55-17-19-56(20-18-55)27-30-9-14-59(28-30)33-3-4-36-37(21-33)44(65)60(43(36)64)39-5-6-40(61)53-42(39)63/h1-4,21-22,24-25,29-31,39H,5-20,26-28H2,(H,53,61,63)(H,51,52,54,62)/t30-,39?/m1/s1. The van der Waals surface area contributed by atoms with E-state index in [1.807, 2.05) is 11.0 Å². The number of fused-ring (bicyclic) bond motifs is 1. The Morgan fingerprint density at radius 2 is 1.31 bits per heavy atom. The van der Waals surface area contributed by atoms with Crippen molar-refractivity contribution in [2.45, 2.75) is 57.2 Å². The van der Waals surface area contributed by atoms with Crippen molar-refractivity contribution in [1.82, 2.24) is 30.0 Å². The van der Waals surface area contributed by atoms with Crippen molar-refractivity contribution in [2.75, 3.05) is 98.6 Å². The number of hydrogen-bond acceptors (Lipinski definition) is 13. The largest absolute Gasteiger partial charge is 0.417 e. The van der Waals surface area contributed by atoms with Gasteiger partial charge >= 0.3 is 6.18 Å². The molecule has 7 heterocycles. The summed E-state index contributed by atoms with van der Waals surface area (Å²) in [6.07, 6.45) is 3.16. The van der Waals surface area contributed by atoms with Crippen LogP contribution in [-0.2, 0) is 20.6 Å². The lowest BCUT2D eigenvalue weighted by Crippen LogP contribution is -2.54. The molecule has 342 valence electrons. The Hall–Kier alpha value is -6.13. The first-order valence-electron chi connectivity index (χ1n) is 22.6. The number of nitrogens with one attached hydrogen (secondary N) is 2. The molecular weight excluding hydrogens is 844 g/mol. The molecule has 0 saturated carbocycles. The highest BCUT2D eigenvalue weighted by Crippen LogP contribution is 2.36. The topological polar surface area (TPSA) is 178 Å². The van der Waals surface area contributed by atoms with Crippen molar-refractivity contribution in [3.8, 4) is 6.07 Å². The molecule has 19 heteroatoms. The zero-order valence-corrected chi connectivity index (χ0v) is 36.1. The Kier molecular flexibility index (Phi) is 12.5. The van der Waals surface area contributed by atoms with Gasteiger partial charge in [0.2, 0.25) is 23.7 Å². The number of carbonyl (C=O) groups excluding carboxylic acids is 5. The molecule has 16 nitrogen and oxygen atoms in total. The molecule has 65 heavy (non-hydrogen) atoms. The second-order valence-electron chi connectivity index (χ2n) is 18.2. The maximum atomic E-state index is 13.5. The molecule has 1 aromatic heterocycles. The third-order valence-corrected chi connectivity index (χ3v) is 14.1. The molecule has 0 spiro atoms. The van der Waals surface area contributed by atoms with Crippen LogP contribution >= 0.6 is 0 Å². The van der Waals surface area contributed by atoms with Crippen molar-refractivity contribution < 1.29 is 37.1 Å². The summed E-state index contributed by atoms with van der Waals surface area (Å²) in [5.74, 6) is -1.22. The van der Waals surface area contributed by atoms with Gasteiger partial charge in [0, 0.05) is 102 Å². The zero-order valence-electron chi connectivity index (χ0n) is 36.1. The zero-order chi connectivity index (χ0) is 45.4. The van der Waals surface area contributed by atoms with E-state index in [9.17, 15) is 37.1 Å². The van der Waals surface area contributed by atoms with E-state index < -0.39 is 47.0 Å². The molecule has 5 amide bonds. The number of imide groups is 2. The Balaban J connectivity index is 0.672. The summed E-state index contributed by atoms with van der Waals surface area (Å²) in [6.45, 7) is 10.5. The van der Waals surface area contributed by atoms with Crippen molar-refractivity contribution in [3.05, 3.63) is 71.0 Å². The summed E-state index contributed by atoms with van der Waals surface area (Å²) in [5, 5.41) is 14.2. The van der Waals surface area contributed by atoms with Crippen molar-refractivity contribution in [1.29, 1.82) is 5.26 Å². The van der Waals surface area contributed by atoms with E-state index >= 15 is 0 Å². The van der Waals surface area contributed by atoms with Crippen LogP contribution in [0.5, 0.6) is 0 Å². The van der Waals surface area contributed by atoms with E-state index in [-0.39, 0.29) is 30.6 Å². The minimum atomic E-state index is -4.63. The van der Waals surface area contributed by atoms with Gasteiger partial charge in [0.05, 0.1) is 46.4 Å². The molecule has 5 fully saturated rings. The van der Waals surface area contributed by atoms with Crippen molar-refractivity contribution in [3.63, 3.8) is 0 Å². The molecule has 0 radical (unpaired) electrons. The first-order chi connectivity index (χ1) is 31.3. The van der Waals surface area contributed by atoms with Crippen LogP contribution in [0.25, 0.3) is 0 Å². The predicted molar refractivity (Wildman–Crippen MR) is 233 cm³/mol. The highest BCUT2D eigenvalue weighted by Gasteiger charge is 2.45. The van der Waals surface area contributed by atoms with Crippen LogP contribution in [0.4, 0.5) is 36.2 Å². The predicted octanol–water partition coefficient (Wildman–Crippen LogP) is 3.98. The van der Waals surface area contributed by atoms with Gasteiger partial charge in [0.25, 0.3) is 11.8 Å². The molecule has 2 atom stereocenters. The maximum Gasteiger partial charge on any atom is 0.417 e. The Morgan fingerprint density at radius 1 is 0.723 bits per heavy atom. The molecule has 2 N–H and O–H groups in total. The van der Waals surface area contributed by atoms with E-state index in [0.29, 0.717) is 54.6 Å². The number of rotatable bonds is 10. The van der Waals surface area contributed by atoms with Crippen molar-refractivity contribution in [2.24, 2.45) is 17.8 Å². The SMILES string of the molecule is N#Cc1ccc(N2CCC(C(=O)Nc3ncc(N4CCC(CN5CCN(C[C@H]6CCN(c7ccc8c(c7)C(=O)N(C7CCC(=O)NC7=O)C8=O)C6)CC5)CC4)cn3)CC2)cc1C(F)(F)F. The number of benzene rings is 2. The van der Waals surface area contributed by atoms with Gasteiger partial charge in [-0.05, 0) is 86.8 Å². The van der Waals surface area contributed by atoms with Crippen LogP contribution in [0.2, 0.25) is 0 Å². The second-order valence-corrected chi connectivity index (χ2v) is 18.2. The van der Waals surface area contributed by atoms with Crippen LogP contribution in [0.1, 0.15) is 76.8 Å². The molecular formula is C46H52F3N11O5. The minimum Gasteiger partial charge on any atom is -0.371 e. The maximum absolute atomic E-state index is 13.5. The fourth-order valence-corrected chi connectivity index (χ4v) is 10.4. The van der Waals surface area contributed by atoms with Gasteiger partial charge < -0.3 is 24.5 Å². The molecule has 3 aromatic rings. The van der Waals surface area contributed by atoms with E-state index in [0.717, 1.165) is 107 Å². The normalized spacial score (nSPS) is 22.9. The number of nitriles is 1. The third-order valence-electron chi connectivity index (χ3n) is 14.1. The number of nitrogens with zero attached hydrogens (tertiary/aromatic N) is 9. The molecule has 1 unspecified atom stereocenters. The molecule has 6 aliphatic rings. The Labute approximate surface area is 374 Å². The van der Waals surface area contributed by atoms with Crippen LogP contribution in [0, 0.1) is 29.1 Å². The quantitative estimate of drug-likeness (QED) is 0.280. The molecule has 9 rings (SSSR count). The number of aromatic nitrogens is 2. The highest BCUT2D eigenvalue weighted by molar-refractivity contribution is 6.23. The molecule has 0 bridgehead atoms. The lowest BCUT2D eigenvalue weighted by Gasteiger charge is -2.39. The van der Waals surface area contributed by atoms with Gasteiger partial charge in [0.15, 0.2) is 0 Å². The first-order valence-corrected chi connectivity index (χ1v) is 22.6. The summed E-state index contributed by atoms with van der Waals surface area (Å²) < 4.78 is 40.5. The van der Waals surface area contributed by atoms with Crippen LogP contribution in [-0.4, -0.2) is 139 Å². The van der Waals surface area contributed by atoms with Gasteiger partial charge in [-0.1, -0.05) is 0 Å². The Morgan fingerprint density at radius 3 is 1.97 bits per heavy atom. The van der Waals surface area contributed by atoms with Crippen molar-refractivity contribution >= 4 is 52.5 Å². The van der Waals surface area contributed by atoms with E-state index in [1.165, 1.54) is 12.1 Å². The van der Waals surface area contributed by atoms with Gasteiger partial charge in [-0.3, -0.25) is 39.5 Å². The average molecular weight is 896 g/mol. The van der Waals surface area contributed by atoms with E-state index in [2.05, 4.69) is 40.2 Å². The molecule has 5 saturated heterocycles. The van der Waals surface area contributed by atoms with E-state index in [4.69, 9.17) is 5.26 Å². The number of hydrogen-bond donors (Lipinski definition) is 2. The second kappa shape index (κ2) is 18.4. The van der Waals surface area contributed by atoms with Crippen LogP contribution in [0.15, 0.2) is 48.8 Å². The lowest BCUT2D eigenvalue weighted by molar-refractivity contribution is -0.138. The minimum absolute atomic E-state index is 0.0862. The molecule has 2 aromatic carbocycles. The molecule has 0 aliphatic carbocycles. The summed E-state index contributed by atoms with van der Waals surface area (Å²) in [7, 11) is 0. The summed E-state index contributed by atoms with van der Waals surface area (Å²) in [5.41, 5.74) is 1.42. The van der Waals surface area contributed by atoms with Gasteiger partial charge in [-0.15, -0.1) is 0 Å². The summed E-state index contributed by atoms with van der Waals surface area (Å²) >= 11 is 0. The number of amides is 5.